The maximum atomic E-state index is 13.3. The van der Waals surface area contributed by atoms with Gasteiger partial charge in [-0.2, -0.15) is 0 Å². The molecule has 0 spiro atoms. The van der Waals surface area contributed by atoms with Crippen molar-refractivity contribution in [2.45, 2.75) is 26.7 Å². The highest BCUT2D eigenvalue weighted by molar-refractivity contribution is 5.93. The Morgan fingerprint density at radius 2 is 2.04 bits per heavy atom. The van der Waals surface area contributed by atoms with E-state index in [1.165, 1.54) is 6.07 Å². The summed E-state index contributed by atoms with van der Waals surface area (Å²) < 4.78 is 13.3. The number of amides is 1. The summed E-state index contributed by atoms with van der Waals surface area (Å²) in [6.45, 7) is 5.05. The van der Waals surface area contributed by atoms with Crippen LogP contribution in [0.1, 0.15) is 33.7 Å². The summed E-state index contributed by atoms with van der Waals surface area (Å²) in [5.74, 6) is 0.891. The van der Waals surface area contributed by atoms with Gasteiger partial charge in [0.1, 0.15) is 11.6 Å². The molecule has 1 aromatic carbocycles. The molecule has 1 saturated heterocycles. The van der Waals surface area contributed by atoms with E-state index in [-0.39, 0.29) is 11.7 Å². The molecule has 1 aromatic heterocycles. The van der Waals surface area contributed by atoms with Crippen molar-refractivity contribution in [3.63, 3.8) is 0 Å². The predicted molar refractivity (Wildman–Crippen MR) is 85.6 cm³/mol. The Labute approximate surface area is 135 Å². The molecule has 0 saturated carbocycles. The number of likely N-dealkylation sites (tertiary alicyclic amines) is 1. The lowest BCUT2D eigenvalue weighted by molar-refractivity contribution is 0.0786. The van der Waals surface area contributed by atoms with Crippen LogP contribution in [0.15, 0.2) is 30.6 Å². The number of carbonyl (C=O) groups excluding carboxylic acids is 1. The minimum Gasteiger partial charge on any atom is -0.338 e. The molecule has 120 valence electrons. The van der Waals surface area contributed by atoms with Crippen LogP contribution < -0.4 is 0 Å². The third kappa shape index (κ3) is 3.55. The van der Waals surface area contributed by atoms with Gasteiger partial charge in [-0.15, -0.1) is 0 Å². The summed E-state index contributed by atoms with van der Waals surface area (Å²) in [6, 6.07) is 5.25. The van der Waals surface area contributed by atoms with Crippen molar-refractivity contribution in [3.05, 3.63) is 58.9 Å². The lowest BCUT2D eigenvalue weighted by Crippen LogP contribution is -2.29. The number of aryl methyl sites for hydroxylation is 2. The second-order valence-electron chi connectivity index (χ2n) is 6.21. The Bertz CT molecular complexity index is 715. The maximum absolute atomic E-state index is 13.3. The molecular formula is C18H20FN3O. The lowest BCUT2D eigenvalue weighted by Gasteiger charge is -2.16. The van der Waals surface area contributed by atoms with Gasteiger partial charge in [0.05, 0.1) is 5.56 Å². The summed E-state index contributed by atoms with van der Waals surface area (Å²) in [4.78, 5) is 22.5. The van der Waals surface area contributed by atoms with Crippen molar-refractivity contribution in [2.24, 2.45) is 5.92 Å². The highest BCUT2D eigenvalue weighted by Gasteiger charge is 2.27. The molecule has 1 fully saturated rings. The smallest absolute Gasteiger partial charge is 0.256 e. The van der Waals surface area contributed by atoms with Gasteiger partial charge in [-0.25, -0.2) is 14.4 Å². The highest BCUT2D eigenvalue weighted by atomic mass is 19.1. The number of benzene rings is 1. The van der Waals surface area contributed by atoms with Crippen molar-refractivity contribution in [1.29, 1.82) is 0 Å². The molecular weight excluding hydrogens is 293 g/mol. The molecule has 3 rings (SSSR count). The van der Waals surface area contributed by atoms with Crippen LogP contribution in [0, 0.1) is 25.6 Å². The van der Waals surface area contributed by atoms with E-state index >= 15 is 0 Å². The van der Waals surface area contributed by atoms with Crippen LogP contribution in [-0.2, 0) is 6.42 Å². The molecule has 1 aliphatic heterocycles. The minimum atomic E-state index is -0.170. The van der Waals surface area contributed by atoms with E-state index in [0.29, 0.717) is 22.9 Å². The van der Waals surface area contributed by atoms with Gasteiger partial charge < -0.3 is 4.90 Å². The lowest BCUT2D eigenvalue weighted by atomic mass is 9.97. The number of aromatic nitrogens is 2. The second kappa shape index (κ2) is 6.44. The zero-order valence-electron chi connectivity index (χ0n) is 13.4. The fraction of sp³-hybridized carbons (Fsp3) is 0.389. The molecule has 4 nitrogen and oxygen atoms in total. The molecule has 5 heteroatoms. The molecule has 0 radical (unpaired) electrons. The van der Waals surface area contributed by atoms with Crippen molar-refractivity contribution in [1.82, 2.24) is 14.9 Å². The molecule has 1 unspecified atom stereocenters. The normalized spacial score (nSPS) is 17.5. The van der Waals surface area contributed by atoms with Crippen LogP contribution >= 0.6 is 0 Å². The first-order valence-corrected chi connectivity index (χ1v) is 7.86. The Hall–Kier alpha value is -2.30. The molecule has 2 heterocycles. The van der Waals surface area contributed by atoms with Gasteiger partial charge in [0, 0.05) is 25.5 Å². The van der Waals surface area contributed by atoms with Crippen LogP contribution in [0.25, 0.3) is 0 Å². The average molecular weight is 313 g/mol. The fourth-order valence-electron chi connectivity index (χ4n) is 3.04. The fourth-order valence-corrected chi connectivity index (χ4v) is 3.04. The summed E-state index contributed by atoms with van der Waals surface area (Å²) >= 11 is 0. The van der Waals surface area contributed by atoms with E-state index in [9.17, 15) is 9.18 Å². The highest BCUT2D eigenvalue weighted by Crippen LogP contribution is 2.23. The van der Waals surface area contributed by atoms with E-state index in [4.69, 9.17) is 0 Å². The summed E-state index contributed by atoms with van der Waals surface area (Å²) in [5.41, 5.74) is 2.33. The van der Waals surface area contributed by atoms with Crippen molar-refractivity contribution in [3.8, 4) is 0 Å². The average Bonchev–Trinajstić information content (AvgIpc) is 2.99. The van der Waals surface area contributed by atoms with E-state index in [1.54, 1.807) is 26.2 Å². The Kier molecular flexibility index (Phi) is 4.37. The van der Waals surface area contributed by atoms with Gasteiger partial charge >= 0.3 is 0 Å². The molecule has 0 N–H and O–H groups in total. The molecule has 0 bridgehead atoms. The molecule has 1 amide bonds. The third-order valence-corrected chi connectivity index (χ3v) is 4.35. The standard InChI is InChI=1S/C18H20FN3O/c1-12-7-14(3-4-17(12)19)8-15-5-6-22(11-15)18(23)16-9-20-13(2)21-10-16/h3-4,7,9-10,15H,5-6,8,11H2,1-2H3. The Morgan fingerprint density at radius 3 is 2.74 bits per heavy atom. The number of halogens is 1. The van der Waals surface area contributed by atoms with Gasteiger partial charge in [-0.05, 0) is 49.8 Å². The summed E-state index contributed by atoms with van der Waals surface area (Å²) in [5, 5.41) is 0. The minimum absolute atomic E-state index is 0.0113. The first kappa shape index (κ1) is 15.6. The van der Waals surface area contributed by atoms with Gasteiger partial charge in [-0.1, -0.05) is 12.1 Å². The van der Waals surface area contributed by atoms with Crippen molar-refractivity contribution >= 4 is 5.91 Å². The zero-order chi connectivity index (χ0) is 16.4. The quantitative estimate of drug-likeness (QED) is 0.875. The number of hydrogen-bond acceptors (Lipinski definition) is 3. The molecule has 2 aromatic rings. The van der Waals surface area contributed by atoms with Gasteiger partial charge in [0.25, 0.3) is 5.91 Å². The summed E-state index contributed by atoms with van der Waals surface area (Å²) in [7, 11) is 0. The SMILES string of the molecule is Cc1ncc(C(=O)N2CCC(Cc3ccc(F)c(C)c3)C2)cn1. The van der Waals surface area contributed by atoms with Crippen LogP contribution in [0.2, 0.25) is 0 Å². The number of nitrogens with zero attached hydrogens (tertiary/aromatic N) is 3. The largest absolute Gasteiger partial charge is 0.338 e. The third-order valence-electron chi connectivity index (χ3n) is 4.35. The van der Waals surface area contributed by atoms with Crippen molar-refractivity contribution < 1.29 is 9.18 Å². The van der Waals surface area contributed by atoms with Crippen molar-refractivity contribution in [2.75, 3.05) is 13.1 Å². The Balaban J connectivity index is 1.62. The zero-order valence-corrected chi connectivity index (χ0v) is 13.4. The molecule has 1 atom stereocenters. The van der Waals surface area contributed by atoms with Crippen LogP contribution in [0.3, 0.4) is 0 Å². The first-order valence-electron chi connectivity index (χ1n) is 7.86. The number of carbonyl (C=O) groups is 1. The van der Waals surface area contributed by atoms with E-state index < -0.39 is 0 Å². The van der Waals surface area contributed by atoms with E-state index in [0.717, 1.165) is 31.5 Å². The first-order chi connectivity index (χ1) is 11.0. The van der Waals surface area contributed by atoms with Gasteiger partial charge in [0.2, 0.25) is 0 Å². The Morgan fingerprint density at radius 1 is 1.30 bits per heavy atom. The topological polar surface area (TPSA) is 46.1 Å². The summed E-state index contributed by atoms with van der Waals surface area (Å²) in [6.07, 6.45) is 5.01. The predicted octanol–water partition coefficient (Wildman–Crippen LogP) is 2.94. The van der Waals surface area contributed by atoms with Gasteiger partial charge in [0.15, 0.2) is 0 Å². The monoisotopic (exact) mass is 313 g/mol. The maximum Gasteiger partial charge on any atom is 0.256 e. The molecule has 0 aliphatic carbocycles. The second-order valence-corrected chi connectivity index (χ2v) is 6.21. The number of rotatable bonds is 3. The number of hydrogen-bond donors (Lipinski definition) is 0. The van der Waals surface area contributed by atoms with E-state index in [1.807, 2.05) is 17.0 Å². The van der Waals surface area contributed by atoms with E-state index in [2.05, 4.69) is 9.97 Å². The molecule has 1 aliphatic rings. The van der Waals surface area contributed by atoms with Gasteiger partial charge in [-0.3, -0.25) is 4.79 Å². The van der Waals surface area contributed by atoms with Crippen LogP contribution in [0.4, 0.5) is 4.39 Å². The van der Waals surface area contributed by atoms with Crippen LogP contribution in [0.5, 0.6) is 0 Å². The van der Waals surface area contributed by atoms with Crippen LogP contribution in [-0.4, -0.2) is 33.9 Å². The molecule has 23 heavy (non-hydrogen) atoms.